The number of imidazole rings is 1. The quantitative estimate of drug-likeness (QED) is 0.909. The first kappa shape index (κ1) is 12.1. The van der Waals surface area contributed by atoms with Crippen molar-refractivity contribution >= 4 is 11.6 Å². The molecule has 4 heteroatoms. The van der Waals surface area contributed by atoms with E-state index in [1.165, 1.54) is 5.69 Å². The van der Waals surface area contributed by atoms with Gasteiger partial charge in [-0.2, -0.15) is 0 Å². The van der Waals surface area contributed by atoms with Gasteiger partial charge >= 0.3 is 0 Å². The first-order valence-corrected chi connectivity index (χ1v) is 5.99. The van der Waals surface area contributed by atoms with Crippen LogP contribution in [0, 0.1) is 6.92 Å². The number of hydrogen-bond donors (Lipinski definition) is 1. The predicted octanol–water partition coefficient (Wildman–Crippen LogP) is 2.55. The molecular weight excluding hydrogens is 234 g/mol. The monoisotopic (exact) mass is 249 g/mol. The summed E-state index contributed by atoms with van der Waals surface area (Å²) in [5.41, 5.74) is 8.86. The van der Waals surface area contributed by atoms with Crippen LogP contribution in [0.5, 0.6) is 0 Å². The zero-order valence-corrected chi connectivity index (χ0v) is 10.8. The molecule has 2 N–H and O–H groups in total. The summed E-state index contributed by atoms with van der Waals surface area (Å²) in [5.74, 6) is 0.938. The molecule has 1 aromatic carbocycles. The lowest BCUT2D eigenvalue weighted by molar-refractivity contribution is 0.805. The molecule has 2 aromatic rings. The van der Waals surface area contributed by atoms with E-state index in [1.807, 2.05) is 38.2 Å². The van der Waals surface area contributed by atoms with Crippen molar-refractivity contribution in [3.05, 3.63) is 40.7 Å². The normalized spacial score (nSPS) is 10.8. The van der Waals surface area contributed by atoms with E-state index in [4.69, 9.17) is 17.3 Å². The Balaban J connectivity index is 2.50. The van der Waals surface area contributed by atoms with Crippen molar-refractivity contribution in [2.24, 2.45) is 12.8 Å². The molecular formula is C13H16ClN3. The molecule has 0 saturated heterocycles. The molecule has 0 fully saturated rings. The highest BCUT2D eigenvalue weighted by molar-refractivity contribution is 6.30. The number of nitrogens with two attached hydrogens (primary N) is 1. The number of nitrogens with zero attached hydrogens (tertiary/aromatic N) is 2. The van der Waals surface area contributed by atoms with Gasteiger partial charge < -0.3 is 10.3 Å². The van der Waals surface area contributed by atoms with Gasteiger partial charge in [-0.3, -0.25) is 0 Å². The molecule has 0 radical (unpaired) electrons. The molecule has 0 unspecified atom stereocenters. The van der Waals surface area contributed by atoms with Gasteiger partial charge in [0.25, 0.3) is 0 Å². The van der Waals surface area contributed by atoms with E-state index in [2.05, 4.69) is 9.55 Å². The molecule has 0 amide bonds. The minimum Gasteiger partial charge on any atom is -0.331 e. The predicted molar refractivity (Wildman–Crippen MR) is 71.1 cm³/mol. The van der Waals surface area contributed by atoms with E-state index in [9.17, 15) is 0 Å². The zero-order chi connectivity index (χ0) is 12.4. The van der Waals surface area contributed by atoms with Crippen LogP contribution in [0.15, 0.2) is 24.3 Å². The summed E-state index contributed by atoms with van der Waals surface area (Å²) in [7, 11) is 2.02. The third-order valence-corrected chi connectivity index (χ3v) is 3.11. The lowest BCUT2D eigenvalue weighted by Crippen LogP contribution is -2.08. The molecule has 1 heterocycles. The molecule has 3 nitrogen and oxygen atoms in total. The second-order valence-corrected chi connectivity index (χ2v) is 4.51. The Kier molecular flexibility index (Phi) is 3.50. The number of rotatable bonds is 3. The SMILES string of the molecule is Cc1nc(-c2cccc(Cl)c2)n(C)c1CCN. The van der Waals surface area contributed by atoms with Crippen LogP contribution >= 0.6 is 11.6 Å². The van der Waals surface area contributed by atoms with Gasteiger partial charge in [-0.15, -0.1) is 0 Å². The van der Waals surface area contributed by atoms with Crippen LogP contribution in [0.3, 0.4) is 0 Å². The Morgan fingerprint density at radius 2 is 2.18 bits per heavy atom. The van der Waals surface area contributed by atoms with Crippen LogP contribution in [0.2, 0.25) is 5.02 Å². The summed E-state index contributed by atoms with van der Waals surface area (Å²) in [6, 6.07) is 7.74. The minimum absolute atomic E-state index is 0.634. The maximum atomic E-state index is 6.00. The molecule has 0 atom stereocenters. The first-order valence-electron chi connectivity index (χ1n) is 5.61. The fourth-order valence-electron chi connectivity index (χ4n) is 2.04. The summed E-state index contributed by atoms with van der Waals surface area (Å²) in [6.07, 6.45) is 0.843. The molecule has 2 rings (SSSR count). The van der Waals surface area contributed by atoms with Crippen LogP contribution in [-0.4, -0.2) is 16.1 Å². The van der Waals surface area contributed by atoms with Crippen LogP contribution in [0.4, 0.5) is 0 Å². The van der Waals surface area contributed by atoms with E-state index >= 15 is 0 Å². The van der Waals surface area contributed by atoms with Gasteiger partial charge in [-0.05, 0) is 25.6 Å². The lowest BCUT2D eigenvalue weighted by atomic mass is 10.2. The number of halogens is 1. The summed E-state index contributed by atoms with van der Waals surface area (Å²) in [4.78, 5) is 4.59. The van der Waals surface area contributed by atoms with Gasteiger partial charge in [0.05, 0.1) is 5.69 Å². The van der Waals surface area contributed by atoms with Gasteiger partial charge in [0.15, 0.2) is 0 Å². The maximum absolute atomic E-state index is 6.00. The van der Waals surface area contributed by atoms with E-state index in [-0.39, 0.29) is 0 Å². The molecule has 0 bridgehead atoms. The second kappa shape index (κ2) is 4.90. The van der Waals surface area contributed by atoms with Crippen molar-refractivity contribution in [3.63, 3.8) is 0 Å². The van der Waals surface area contributed by atoms with E-state index in [0.717, 1.165) is 28.5 Å². The second-order valence-electron chi connectivity index (χ2n) is 4.08. The topological polar surface area (TPSA) is 43.8 Å². The Morgan fingerprint density at radius 3 is 2.82 bits per heavy atom. The van der Waals surface area contributed by atoms with Crippen molar-refractivity contribution in [2.75, 3.05) is 6.54 Å². The summed E-state index contributed by atoms with van der Waals surface area (Å²) >= 11 is 6.00. The van der Waals surface area contributed by atoms with Crippen molar-refractivity contribution in [3.8, 4) is 11.4 Å². The van der Waals surface area contributed by atoms with Crippen LogP contribution in [0.1, 0.15) is 11.4 Å². The fraction of sp³-hybridized carbons (Fsp3) is 0.308. The van der Waals surface area contributed by atoms with Crippen LogP contribution in [-0.2, 0) is 13.5 Å². The van der Waals surface area contributed by atoms with E-state index in [0.29, 0.717) is 6.54 Å². The largest absolute Gasteiger partial charge is 0.331 e. The average molecular weight is 250 g/mol. The van der Waals surface area contributed by atoms with Gasteiger partial charge in [0, 0.05) is 29.7 Å². The molecule has 90 valence electrons. The lowest BCUT2D eigenvalue weighted by Gasteiger charge is -2.05. The fourth-order valence-corrected chi connectivity index (χ4v) is 2.23. The number of aryl methyl sites for hydroxylation is 1. The Hall–Kier alpha value is -1.32. The van der Waals surface area contributed by atoms with Crippen molar-refractivity contribution < 1.29 is 0 Å². The van der Waals surface area contributed by atoms with Gasteiger partial charge in [0.2, 0.25) is 0 Å². The molecule has 0 saturated carbocycles. The van der Waals surface area contributed by atoms with Gasteiger partial charge in [0.1, 0.15) is 5.82 Å². The van der Waals surface area contributed by atoms with Crippen molar-refractivity contribution in [2.45, 2.75) is 13.3 Å². The van der Waals surface area contributed by atoms with Crippen molar-refractivity contribution in [1.29, 1.82) is 0 Å². The Labute approximate surface area is 106 Å². The minimum atomic E-state index is 0.634. The first-order chi connectivity index (χ1) is 8.13. The number of aromatic nitrogens is 2. The third-order valence-electron chi connectivity index (χ3n) is 2.88. The number of hydrogen-bond acceptors (Lipinski definition) is 2. The van der Waals surface area contributed by atoms with E-state index in [1.54, 1.807) is 0 Å². The maximum Gasteiger partial charge on any atom is 0.140 e. The highest BCUT2D eigenvalue weighted by Gasteiger charge is 2.12. The van der Waals surface area contributed by atoms with Crippen LogP contribution < -0.4 is 5.73 Å². The Morgan fingerprint density at radius 1 is 1.41 bits per heavy atom. The van der Waals surface area contributed by atoms with E-state index < -0.39 is 0 Å². The molecule has 1 aromatic heterocycles. The third kappa shape index (κ3) is 2.35. The molecule has 0 aliphatic heterocycles. The van der Waals surface area contributed by atoms with Crippen LogP contribution in [0.25, 0.3) is 11.4 Å². The Bertz CT molecular complexity index is 531. The van der Waals surface area contributed by atoms with Gasteiger partial charge in [-0.1, -0.05) is 23.7 Å². The summed E-state index contributed by atoms with van der Waals surface area (Å²) in [6.45, 7) is 2.65. The van der Waals surface area contributed by atoms with Gasteiger partial charge in [-0.25, -0.2) is 4.98 Å². The van der Waals surface area contributed by atoms with Crippen molar-refractivity contribution in [1.82, 2.24) is 9.55 Å². The number of benzene rings is 1. The summed E-state index contributed by atoms with van der Waals surface area (Å²) < 4.78 is 2.09. The summed E-state index contributed by atoms with van der Waals surface area (Å²) in [5, 5.41) is 0.725. The zero-order valence-electron chi connectivity index (χ0n) is 10.1. The highest BCUT2D eigenvalue weighted by atomic mass is 35.5. The molecule has 0 spiro atoms. The molecule has 0 aliphatic carbocycles. The molecule has 17 heavy (non-hydrogen) atoms. The average Bonchev–Trinajstić information content (AvgIpc) is 2.57. The molecule has 0 aliphatic rings. The smallest absolute Gasteiger partial charge is 0.140 e. The standard InChI is InChI=1S/C13H16ClN3/c1-9-12(6-7-15)17(2)13(16-9)10-4-3-5-11(14)8-10/h3-5,8H,6-7,15H2,1-2H3. The highest BCUT2D eigenvalue weighted by Crippen LogP contribution is 2.23.